The van der Waals surface area contributed by atoms with Crippen LogP contribution in [0.2, 0.25) is 0 Å². The van der Waals surface area contributed by atoms with Crippen LogP contribution in [0, 0.1) is 0 Å². The molecule has 84 valence electrons. The Kier molecular flexibility index (Phi) is 4.35. The molecule has 2 N–H and O–H groups in total. The normalized spacial score (nSPS) is 12.5. The maximum absolute atomic E-state index is 11.7. The number of carbonyl (C=O) groups excluding carboxylic acids is 1. The van der Waals surface area contributed by atoms with Crippen LogP contribution in [-0.4, -0.2) is 28.2 Å². The van der Waals surface area contributed by atoms with E-state index in [1.54, 1.807) is 13.0 Å². The van der Waals surface area contributed by atoms with Crippen molar-refractivity contribution < 1.29 is 9.90 Å². The van der Waals surface area contributed by atoms with Gasteiger partial charge in [0.15, 0.2) is 0 Å². The Labute approximate surface area is 97.4 Å². The highest BCUT2D eigenvalue weighted by Gasteiger charge is 2.12. The molecule has 0 spiro atoms. The molecular formula is C10H15BrN2O2. The summed E-state index contributed by atoms with van der Waals surface area (Å²) >= 11 is 3.32. The van der Waals surface area contributed by atoms with E-state index in [-0.39, 0.29) is 12.5 Å². The lowest BCUT2D eigenvalue weighted by molar-refractivity contribution is 0.0915. The molecule has 0 radical (unpaired) electrons. The van der Waals surface area contributed by atoms with Crippen molar-refractivity contribution in [3.8, 4) is 0 Å². The standard InChI is InChI=1S/C10H15BrN2O2/c1-3-13-6-8(11)4-9(13)10(15)12-5-7(2)14/h4,6-7,14H,3,5H2,1-2H3,(H,12,15)/t7-/m1/s1. The summed E-state index contributed by atoms with van der Waals surface area (Å²) in [6, 6.07) is 1.76. The maximum Gasteiger partial charge on any atom is 0.268 e. The van der Waals surface area contributed by atoms with Crippen molar-refractivity contribution >= 4 is 21.8 Å². The van der Waals surface area contributed by atoms with E-state index >= 15 is 0 Å². The number of amides is 1. The molecule has 1 atom stereocenters. The molecule has 1 rings (SSSR count). The first kappa shape index (κ1) is 12.3. The van der Waals surface area contributed by atoms with Gasteiger partial charge in [-0.1, -0.05) is 0 Å². The van der Waals surface area contributed by atoms with Gasteiger partial charge in [0.25, 0.3) is 5.91 Å². The van der Waals surface area contributed by atoms with Crippen LogP contribution >= 0.6 is 15.9 Å². The largest absolute Gasteiger partial charge is 0.392 e. The van der Waals surface area contributed by atoms with Gasteiger partial charge >= 0.3 is 0 Å². The number of aliphatic hydroxyl groups is 1. The first-order valence-corrected chi connectivity index (χ1v) is 5.65. The van der Waals surface area contributed by atoms with Gasteiger partial charge in [-0.2, -0.15) is 0 Å². The van der Waals surface area contributed by atoms with Crippen LogP contribution < -0.4 is 5.32 Å². The van der Waals surface area contributed by atoms with Crippen LogP contribution in [0.15, 0.2) is 16.7 Å². The summed E-state index contributed by atoms with van der Waals surface area (Å²) in [6.07, 6.45) is 1.33. The van der Waals surface area contributed by atoms with E-state index in [9.17, 15) is 4.79 Å². The first-order chi connectivity index (χ1) is 7.04. The Morgan fingerprint density at radius 1 is 1.73 bits per heavy atom. The molecule has 0 aromatic carbocycles. The molecule has 1 aromatic rings. The average Bonchev–Trinajstić information content (AvgIpc) is 2.56. The summed E-state index contributed by atoms with van der Waals surface area (Å²) in [5, 5.41) is 11.7. The molecule has 0 aliphatic carbocycles. The van der Waals surface area contributed by atoms with Gasteiger partial charge in [-0.05, 0) is 35.8 Å². The number of aliphatic hydroxyl groups excluding tert-OH is 1. The molecule has 0 aliphatic heterocycles. The van der Waals surface area contributed by atoms with Crippen LogP contribution in [0.25, 0.3) is 0 Å². The van der Waals surface area contributed by atoms with Gasteiger partial charge < -0.3 is 15.0 Å². The smallest absolute Gasteiger partial charge is 0.268 e. The molecule has 0 fully saturated rings. The minimum Gasteiger partial charge on any atom is -0.392 e. The maximum atomic E-state index is 11.7. The summed E-state index contributed by atoms with van der Waals surface area (Å²) in [6.45, 7) is 4.61. The van der Waals surface area contributed by atoms with Gasteiger partial charge in [-0.15, -0.1) is 0 Å². The fourth-order valence-corrected chi connectivity index (χ4v) is 1.72. The zero-order chi connectivity index (χ0) is 11.4. The fourth-order valence-electron chi connectivity index (χ4n) is 1.26. The molecule has 15 heavy (non-hydrogen) atoms. The lowest BCUT2D eigenvalue weighted by Gasteiger charge is -2.08. The van der Waals surface area contributed by atoms with Crippen molar-refractivity contribution in [3.63, 3.8) is 0 Å². The van der Waals surface area contributed by atoms with Crippen LogP contribution in [0.4, 0.5) is 0 Å². The Morgan fingerprint density at radius 3 is 2.93 bits per heavy atom. The highest BCUT2D eigenvalue weighted by Crippen LogP contribution is 2.14. The summed E-state index contributed by atoms with van der Waals surface area (Å²) in [7, 11) is 0. The summed E-state index contributed by atoms with van der Waals surface area (Å²) in [4.78, 5) is 11.7. The number of rotatable bonds is 4. The average molecular weight is 275 g/mol. The van der Waals surface area contributed by atoms with Crippen molar-refractivity contribution in [2.24, 2.45) is 0 Å². The van der Waals surface area contributed by atoms with E-state index in [1.807, 2.05) is 17.7 Å². The Balaban J connectivity index is 2.72. The van der Waals surface area contributed by atoms with E-state index in [2.05, 4.69) is 21.2 Å². The molecule has 1 aromatic heterocycles. The van der Waals surface area contributed by atoms with Crippen LogP contribution in [0.5, 0.6) is 0 Å². The lowest BCUT2D eigenvalue weighted by atomic mass is 10.3. The molecule has 0 unspecified atom stereocenters. The third-order valence-electron chi connectivity index (χ3n) is 1.99. The number of hydrogen-bond donors (Lipinski definition) is 2. The SMILES string of the molecule is CCn1cc(Br)cc1C(=O)NC[C@@H](C)O. The summed E-state index contributed by atoms with van der Waals surface area (Å²) < 4.78 is 2.73. The molecule has 1 heterocycles. The van der Waals surface area contributed by atoms with E-state index in [0.29, 0.717) is 5.69 Å². The molecule has 0 saturated heterocycles. The van der Waals surface area contributed by atoms with E-state index in [1.165, 1.54) is 0 Å². The molecule has 0 bridgehead atoms. The number of carbonyl (C=O) groups is 1. The second-order valence-corrected chi connectivity index (χ2v) is 4.30. The molecular weight excluding hydrogens is 260 g/mol. The molecule has 0 saturated carbocycles. The van der Waals surface area contributed by atoms with Crippen LogP contribution in [0.1, 0.15) is 24.3 Å². The lowest BCUT2D eigenvalue weighted by Crippen LogP contribution is -2.31. The predicted molar refractivity (Wildman–Crippen MR) is 61.8 cm³/mol. The molecule has 4 nitrogen and oxygen atoms in total. The number of aryl methyl sites for hydroxylation is 1. The van der Waals surface area contributed by atoms with Crippen molar-refractivity contribution in [3.05, 3.63) is 22.4 Å². The number of aromatic nitrogens is 1. The summed E-state index contributed by atoms with van der Waals surface area (Å²) in [5.74, 6) is -0.163. The van der Waals surface area contributed by atoms with Gasteiger partial charge in [-0.3, -0.25) is 4.79 Å². The van der Waals surface area contributed by atoms with Gasteiger partial charge in [0.1, 0.15) is 5.69 Å². The van der Waals surface area contributed by atoms with Crippen molar-refractivity contribution in [2.75, 3.05) is 6.54 Å². The Bertz CT molecular complexity index is 347. The third kappa shape index (κ3) is 3.35. The number of halogens is 1. The first-order valence-electron chi connectivity index (χ1n) is 4.86. The van der Waals surface area contributed by atoms with Crippen LogP contribution in [0.3, 0.4) is 0 Å². The zero-order valence-corrected chi connectivity index (χ0v) is 10.4. The topological polar surface area (TPSA) is 54.3 Å². The Hall–Kier alpha value is -0.810. The van der Waals surface area contributed by atoms with Crippen molar-refractivity contribution in [1.82, 2.24) is 9.88 Å². The highest BCUT2D eigenvalue weighted by molar-refractivity contribution is 9.10. The quantitative estimate of drug-likeness (QED) is 0.872. The van der Waals surface area contributed by atoms with Gasteiger partial charge in [-0.25, -0.2) is 0 Å². The molecule has 0 aliphatic rings. The minimum atomic E-state index is -0.526. The summed E-state index contributed by atoms with van der Waals surface area (Å²) in [5.41, 5.74) is 0.602. The van der Waals surface area contributed by atoms with Gasteiger partial charge in [0.05, 0.1) is 6.10 Å². The predicted octanol–water partition coefficient (Wildman–Crippen LogP) is 1.38. The van der Waals surface area contributed by atoms with Gasteiger partial charge in [0.2, 0.25) is 0 Å². The monoisotopic (exact) mass is 274 g/mol. The second kappa shape index (κ2) is 5.32. The minimum absolute atomic E-state index is 0.163. The van der Waals surface area contributed by atoms with Gasteiger partial charge in [0, 0.05) is 23.8 Å². The van der Waals surface area contributed by atoms with E-state index in [4.69, 9.17) is 5.11 Å². The zero-order valence-electron chi connectivity index (χ0n) is 8.83. The highest BCUT2D eigenvalue weighted by atomic mass is 79.9. The molecule has 1 amide bonds. The van der Waals surface area contributed by atoms with E-state index < -0.39 is 6.10 Å². The number of nitrogens with zero attached hydrogens (tertiary/aromatic N) is 1. The Morgan fingerprint density at radius 2 is 2.40 bits per heavy atom. The molecule has 5 heteroatoms. The van der Waals surface area contributed by atoms with Crippen molar-refractivity contribution in [1.29, 1.82) is 0 Å². The second-order valence-electron chi connectivity index (χ2n) is 3.39. The van der Waals surface area contributed by atoms with E-state index in [0.717, 1.165) is 11.0 Å². The third-order valence-corrected chi connectivity index (χ3v) is 2.43. The van der Waals surface area contributed by atoms with Crippen molar-refractivity contribution in [2.45, 2.75) is 26.5 Å². The number of nitrogens with one attached hydrogen (secondary N) is 1. The number of hydrogen-bond acceptors (Lipinski definition) is 2. The van der Waals surface area contributed by atoms with Crippen LogP contribution in [-0.2, 0) is 6.54 Å². The fraction of sp³-hybridized carbons (Fsp3) is 0.500.